The highest BCUT2D eigenvalue weighted by Crippen LogP contribution is 2.40. The molecule has 3 aliphatic rings. The summed E-state index contributed by atoms with van der Waals surface area (Å²) in [7, 11) is -1.51. The maximum absolute atomic E-state index is 12.8. The number of aryl methyl sites for hydroxylation is 1. The fourth-order valence-corrected chi connectivity index (χ4v) is 6.99. The number of benzene rings is 2. The second kappa shape index (κ2) is 13.3. The van der Waals surface area contributed by atoms with Crippen molar-refractivity contribution in [2.45, 2.75) is 70.8 Å². The number of hydrogen-bond donors (Lipinski definition) is 1. The van der Waals surface area contributed by atoms with E-state index >= 15 is 0 Å². The zero-order valence-electron chi connectivity index (χ0n) is 26.9. The number of ether oxygens (including phenoxy) is 2. The summed E-state index contributed by atoms with van der Waals surface area (Å²) in [5.74, 6) is 1.64. The molecule has 2 aromatic carbocycles. The summed E-state index contributed by atoms with van der Waals surface area (Å²) >= 11 is 0. The van der Waals surface area contributed by atoms with Crippen LogP contribution in [0.25, 0.3) is 5.57 Å². The van der Waals surface area contributed by atoms with Gasteiger partial charge in [0, 0.05) is 43.6 Å². The zero-order valence-corrected chi connectivity index (χ0v) is 27.7. The smallest absolute Gasteiger partial charge is 0.410 e. The van der Waals surface area contributed by atoms with Crippen molar-refractivity contribution in [3.63, 3.8) is 0 Å². The molecular formula is C35H45N3O6S. The summed E-state index contributed by atoms with van der Waals surface area (Å²) < 4.78 is 36.8. The van der Waals surface area contributed by atoms with Crippen LogP contribution in [0, 0.1) is 11.8 Å². The minimum atomic E-state index is -3.23. The lowest BCUT2D eigenvalue weighted by molar-refractivity contribution is -0.130. The maximum Gasteiger partial charge on any atom is 0.410 e. The van der Waals surface area contributed by atoms with Gasteiger partial charge in [0.15, 0.2) is 9.84 Å². The quantitative estimate of drug-likeness (QED) is 0.365. The van der Waals surface area contributed by atoms with Crippen molar-refractivity contribution in [2.75, 3.05) is 25.9 Å². The summed E-state index contributed by atoms with van der Waals surface area (Å²) in [6.45, 7) is 8.78. The standard InChI is InChI=1S/C35H45N3O6S/c1-6-45(41,42)23-26-11-14-31(29(21-26)30-22-37(5)33(39)32-28(30)15-18-36-32)43-27-12-9-24(10-13-27)7-8-25-16-19-38(20-17-25)34(40)44-35(2,3)4/h9-15,18,21-22,25,28,32,36H,6-8,16-17,19-20,23H2,1-5H3. The van der Waals surface area contributed by atoms with Crippen molar-refractivity contribution >= 4 is 27.4 Å². The summed E-state index contributed by atoms with van der Waals surface area (Å²) in [6, 6.07) is 13.2. The normalized spacial score (nSPS) is 20.5. The zero-order chi connectivity index (χ0) is 32.4. The highest BCUT2D eigenvalue weighted by molar-refractivity contribution is 7.90. The average Bonchev–Trinajstić information content (AvgIpc) is 3.49. The van der Waals surface area contributed by atoms with Crippen LogP contribution >= 0.6 is 0 Å². The third kappa shape index (κ3) is 8.09. The lowest BCUT2D eigenvalue weighted by Gasteiger charge is -2.33. The van der Waals surface area contributed by atoms with Gasteiger partial charge in [0.1, 0.15) is 23.1 Å². The Morgan fingerprint density at radius 3 is 2.40 bits per heavy atom. The molecule has 2 aromatic rings. The molecule has 242 valence electrons. The van der Waals surface area contributed by atoms with Gasteiger partial charge in [-0.2, -0.15) is 0 Å². The summed E-state index contributed by atoms with van der Waals surface area (Å²) in [6.07, 6.45) is 9.31. The molecule has 45 heavy (non-hydrogen) atoms. The van der Waals surface area contributed by atoms with Crippen LogP contribution in [-0.2, 0) is 31.5 Å². The molecular weight excluding hydrogens is 590 g/mol. The third-order valence-corrected chi connectivity index (χ3v) is 10.3. The molecule has 3 heterocycles. The molecule has 3 aliphatic heterocycles. The Balaban J connectivity index is 1.26. The molecule has 0 aliphatic carbocycles. The fourth-order valence-electron chi connectivity index (χ4n) is 6.10. The fraction of sp³-hybridized carbons (Fsp3) is 0.486. The van der Waals surface area contributed by atoms with E-state index in [-0.39, 0.29) is 29.4 Å². The first kappa shape index (κ1) is 32.6. The van der Waals surface area contributed by atoms with Crippen LogP contribution in [0.15, 0.2) is 60.9 Å². The number of hydrogen-bond acceptors (Lipinski definition) is 7. The van der Waals surface area contributed by atoms with Crippen molar-refractivity contribution in [3.8, 4) is 11.5 Å². The minimum Gasteiger partial charge on any atom is -0.457 e. The van der Waals surface area contributed by atoms with Gasteiger partial charge in [0.25, 0.3) is 0 Å². The molecule has 0 aromatic heterocycles. The van der Waals surface area contributed by atoms with Gasteiger partial charge in [-0.1, -0.05) is 31.2 Å². The number of nitrogens with zero attached hydrogens (tertiary/aromatic N) is 2. The van der Waals surface area contributed by atoms with Gasteiger partial charge >= 0.3 is 6.09 Å². The van der Waals surface area contributed by atoms with Crippen molar-refractivity contribution in [3.05, 3.63) is 77.6 Å². The van der Waals surface area contributed by atoms with E-state index in [2.05, 4.69) is 17.4 Å². The van der Waals surface area contributed by atoms with E-state index in [1.54, 1.807) is 31.1 Å². The molecule has 0 bridgehead atoms. The van der Waals surface area contributed by atoms with E-state index in [0.717, 1.165) is 49.9 Å². The molecule has 1 fully saturated rings. The summed E-state index contributed by atoms with van der Waals surface area (Å²) in [5, 5.41) is 3.15. The van der Waals surface area contributed by atoms with Crippen LogP contribution in [0.1, 0.15) is 63.6 Å². The van der Waals surface area contributed by atoms with E-state index in [9.17, 15) is 18.0 Å². The highest BCUT2D eigenvalue weighted by Gasteiger charge is 2.39. The van der Waals surface area contributed by atoms with Gasteiger partial charge in [-0.15, -0.1) is 0 Å². The van der Waals surface area contributed by atoms with Crippen molar-refractivity contribution in [1.82, 2.24) is 15.1 Å². The number of sulfone groups is 1. The minimum absolute atomic E-state index is 0.0230. The Kier molecular flexibility index (Phi) is 9.63. The summed E-state index contributed by atoms with van der Waals surface area (Å²) in [5.41, 5.74) is 3.08. The number of carbonyl (C=O) groups is 2. The Labute approximate surface area is 267 Å². The first-order valence-electron chi connectivity index (χ1n) is 15.8. The molecule has 0 radical (unpaired) electrons. The first-order chi connectivity index (χ1) is 21.3. The van der Waals surface area contributed by atoms with Crippen LogP contribution in [0.5, 0.6) is 11.5 Å². The van der Waals surface area contributed by atoms with Gasteiger partial charge < -0.3 is 24.6 Å². The number of piperidine rings is 1. The predicted molar refractivity (Wildman–Crippen MR) is 175 cm³/mol. The second-order valence-electron chi connectivity index (χ2n) is 13.3. The predicted octanol–water partition coefficient (Wildman–Crippen LogP) is 5.91. The Morgan fingerprint density at radius 2 is 1.73 bits per heavy atom. The Bertz CT molecular complexity index is 1570. The van der Waals surface area contributed by atoms with Crippen molar-refractivity contribution in [1.29, 1.82) is 0 Å². The second-order valence-corrected chi connectivity index (χ2v) is 15.6. The van der Waals surface area contributed by atoms with E-state index in [1.807, 2.05) is 62.2 Å². The van der Waals surface area contributed by atoms with Crippen LogP contribution in [0.3, 0.4) is 0 Å². The third-order valence-electron chi connectivity index (χ3n) is 8.68. The van der Waals surface area contributed by atoms with E-state index in [0.29, 0.717) is 23.0 Å². The molecule has 5 rings (SSSR count). The monoisotopic (exact) mass is 635 g/mol. The SMILES string of the molecule is CCS(=O)(=O)Cc1ccc(Oc2ccc(CCC3CCN(C(=O)OC(C)(C)C)CC3)cc2)c(C2=CN(C)C(=O)C3NC=CC23)c1. The average molecular weight is 636 g/mol. The number of rotatable bonds is 9. The number of nitrogens with one attached hydrogen (secondary N) is 1. The lowest BCUT2D eigenvalue weighted by atomic mass is 9.85. The number of likely N-dealkylation sites (tertiary alicyclic amines) is 1. The molecule has 0 spiro atoms. The number of likely N-dealkylation sites (N-methyl/N-ethyl adjacent to an activating group) is 1. The Hall–Kier alpha value is -3.79. The van der Waals surface area contributed by atoms with E-state index in [1.165, 1.54) is 5.56 Å². The molecule has 10 heteroatoms. The molecule has 2 amide bonds. The van der Waals surface area contributed by atoms with Crippen LogP contribution < -0.4 is 10.1 Å². The molecule has 2 atom stereocenters. The summed E-state index contributed by atoms with van der Waals surface area (Å²) in [4.78, 5) is 28.5. The first-order valence-corrected chi connectivity index (χ1v) is 17.6. The van der Waals surface area contributed by atoms with Gasteiger partial charge in [-0.3, -0.25) is 4.79 Å². The van der Waals surface area contributed by atoms with Crippen molar-refractivity contribution in [2.24, 2.45) is 11.8 Å². The number of amides is 2. The molecule has 0 saturated carbocycles. The van der Waals surface area contributed by atoms with E-state index < -0.39 is 21.5 Å². The van der Waals surface area contributed by atoms with E-state index in [4.69, 9.17) is 9.47 Å². The number of carbonyl (C=O) groups excluding carboxylic acids is 2. The molecule has 1 N–H and O–H groups in total. The molecule has 9 nitrogen and oxygen atoms in total. The van der Waals surface area contributed by atoms with Gasteiger partial charge in [0.05, 0.1) is 5.75 Å². The largest absolute Gasteiger partial charge is 0.457 e. The Morgan fingerprint density at radius 1 is 1.04 bits per heavy atom. The van der Waals surface area contributed by atoms with Gasteiger partial charge in [0.2, 0.25) is 5.91 Å². The molecule has 2 unspecified atom stereocenters. The van der Waals surface area contributed by atoms with Gasteiger partial charge in [-0.25, -0.2) is 13.2 Å². The van der Waals surface area contributed by atoms with Crippen molar-refractivity contribution < 1.29 is 27.5 Å². The maximum atomic E-state index is 12.8. The van der Waals surface area contributed by atoms with Crippen LogP contribution in [-0.4, -0.2) is 67.8 Å². The van der Waals surface area contributed by atoms with Gasteiger partial charge in [-0.05, 0) is 99.5 Å². The highest BCUT2D eigenvalue weighted by atomic mass is 32.2. The number of fused-ring (bicyclic) bond motifs is 1. The van der Waals surface area contributed by atoms with Crippen LogP contribution in [0.2, 0.25) is 0 Å². The van der Waals surface area contributed by atoms with Crippen LogP contribution in [0.4, 0.5) is 4.79 Å². The topological polar surface area (TPSA) is 105 Å². The molecule has 1 saturated heterocycles. The lowest BCUT2D eigenvalue weighted by Crippen LogP contribution is -2.46.